The van der Waals surface area contributed by atoms with Crippen LogP contribution in [0.25, 0.3) is 16.6 Å². The number of aliphatic hydroxyl groups excluding tert-OH is 1. The molecule has 0 unspecified atom stereocenters. The van der Waals surface area contributed by atoms with Crippen LogP contribution >= 0.6 is 0 Å². The molecular formula is C20H18N4O2. The number of fused-ring (bicyclic) bond motifs is 1. The molecule has 1 aliphatic rings. The zero-order valence-electron chi connectivity index (χ0n) is 14.5. The van der Waals surface area contributed by atoms with E-state index in [-0.39, 0.29) is 23.9 Å². The molecule has 0 bridgehead atoms. The maximum atomic E-state index is 11.4. The summed E-state index contributed by atoms with van der Waals surface area (Å²) in [7, 11) is 1.88. The van der Waals surface area contributed by atoms with Gasteiger partial charge < -0.3 is 14.6 Å². The Hall–Kier alpha value is -3.41. The molecule has 2 heterocycles. The number of Topliss-reactive ketones (excluding diaryl/α,β-unsaturated/α-hetero) is 1. The predicted octanol–water partition coefficient (Wildman–Crippen LogP) is 3.54. The summed E-state index contributed by atoms with van der Waals surface area (Å²) < 4.78 is 1.89. The van der Waals surface area contributed by atoms with Crippen molar-refractivity contribution in [1.29, 1.82) is 5.41 Å². The topological polar surface area (TPSA) is 82.2 Å². The molecule has 0 radical (unpaired) electrons. The Bertz CT molecular complexity index is 1080. The number of aryl methyl sites for hydroxylation is 1. The first kappa shape index (κ1) is 16.1. The van der Waals surface area contributed by atoms with Crippen molar-refractivity contribution in [2.45, 2.75) is 6.92 Å². The van der Waals surface area contributed by atoms with Crippen molar-refractivity contribution in [2.24, 2.45) is 7.05 Å². The summed E-state index contributed by atoms with van der Waals surface area (Å²) in [4.78, 5) is 17.7. The molecule has 0 amide bonds. The Morgan fingerprint density at radius 2 is 1.85 bits per heavy atom. The molecule has 6 heteroatoms. The molecule has 0 aliphatic carbocycles. The van der Waals surface area contributed by atoms with E-state index in [1.54, 1.807) is 29.2 Å². The summed E-state index contributed by atoms with van der Waals surface area (Å²) in [6.07, 6.45) is 0. The highest BCUT2D eigenvalue weighted by molar-refractivity contribution is 6.30. The summed E-state index contributed by atoms with van der Waals surface area (Å²) in [5.41, 5.74) is 3.56. The van der Waals surface area contributed by atoms with E-state index in [1.807, 2.05) is 35.9 Å². The monoisotopic (exact) mass is 346 g/mol. The highest BCUT2D eigenvalue weighted by atomic mass is 16.3. The average Bonchev–Trinajstić information content (AvgIpc) is 3.11. The molecule has 3 aromatic rings. The van der Waals surface area contributed by atoms with E-state index in [2.05, 4.69) is 4.98 Å². The van der Waals surface area contributed by atoms with Crippen LogP contribution in [0.3, 0.4) is 0 Å². The Morgan fingerprint density at radius 3 is 2.50 bits per heavy atom. The van der Waals surface area contributed by atoms with Crippen LogP contribution in [-0.2, 0) is 7.05 Å². The largest absolute Gasteiger partial charge is 0.509 e. The van der Waals surface area contributed by atoms with Crippen molar-refractivity contribution in [3.63, 3.8) is 0 Å². The van der Waals surface area contributed by atoms with Gasteiger partial charge in [-0.25, -0.2) is 4.98 Å². The van der Waals surface area contributed by atoms with Crippen LogP contribution in [-0.4, -0.2) is 32.8 Å². The number of nitrogens with one attached hydrogen (secondary N) is 1. The number of rotatable bonds is 3. The SMILES string of the molecule is CC(=O)c1ccc(N2CC(O)=C(c3nc4ccccc4n3C)C2=N)cc1. The molecule has 1 aromatic heterocycles. The van der Waals surface area contributed by atoms with Crippen LogP contribution in [0.15, 0.2) is 54.3 Å². The van der Waals surface area contributed by atoms with Crippen LogP contribution < -0.4 is 4.90 Å². The van der Waals surface area contributed by atoms with E-state index in [0.717, 1.165) is 16.7 Å². The standard InChI is InChI=1S/C20H18N4O2/c1-12(25)13-7-9-14(10-8-13)24-11-17(26)18(19(24)21)20-22-15-5-3-4-6-16(15)23(20)2/h3-10,21,26H,11H2,1-2H3. The fourth-order valence-corrected chi connectivity index (χ4v) is 3.28. The number of aromatic nitrogens is 2. The molecule has 26 heavy (non-hydrogen) atoms. The number of para-hydroxylation sites is 2. The van der Waals surface area contributed by atoms with Crippen LogP contribution in [0.5, 0.6) is 0 Å². The maximum Gasteiger partial charge on any atom is 0.159 e. The van der Waals surface area contributed by atoms with Crippen molar-refractivity contribution in [3.8, 4) is 0 Å². The lowest BCUT2D eigenvalue weighted by atomic mass is 10.1. The predicted molar refractivity (Wildman–Crippen MR) is 102 cm³/mol. The van der Waals surface area contributed by atoms with Crippen molar-refractivity contribution in [1.82, 2.24) is 9.55 Å². The Kier molecular flexibility index (Phi) is 3.61. The Morgan fingerprint density at radius 1 is 1.15 bits per heavy atom. The number of ketones is 1. The van der Waals surface area contributed by atoms with Crippen molar-refractivity contribution >= 4 is 33.9 Å². The molecule has 0 spiro atoms. The van der Waals surface area contributed by atoms with Gasteiger partial charge in [-0.3, -0.25) is 10.2 Å². The molecule has 0 saturated heterocycles. The molecule has 0 atom stereocenters. The second kappa shape index (κ2) is 5.84. The van der Waals surface area contributed by atoms with Gasteiger partial charge in [-0.1, -0.05) is 12.1 Å². The molecular weight excluding hydrogens is 328 g/mol. The maximum absolute atomic E-state index is 11.4. The molecule has 1 aliphatic heterocycles. The summed E-state index contributed by atoms with van der Waals surface area (Å²) in [6, 6.07) is 14.8. The van der Waals surface area contributed by atoms with Crippen LogP contribution in [0.2, 0.25) is 0 Å². The summed E-state index contributed by atoms with van der Waals surface area (Å²) in [5.74, 6) is 0.867. The second-order valence-electron chi connectivity index (χ2n) is 6.34. The Labute approximate surface area is 150 Å². The highest BCUT2D eigenvalue weighted by Crippen LogP contribution is 2.32. The molecule has 2 N–H and O–H groups in total. The van der Waals surface area contributed by atoms with Gasteiger partial charge in [-0.05, 0) is 43.3 Å². The third-order valence-corrected chi connectivity index (χ3v) is 4.70. The van der Waals surface area contributed by atoms with Crippen LogP contribution in [0.1, 0.15) is 23.1 Å². The third kappa shape index (κ3) is 2.38. The number of carbonyl (C=O) groups excluding carboxylic acids is 1. The number of hydrogen-bond acceptors (Lipinski definition) is 4. The average molecular weight is 346 g/mol. The van der Waals surface area contributed by atoms with E-state index in [1.165, 1.54) is 6.92 Å². The molecule has 0 fully saturated rings. The first-order valence-corrected chi connectivity index (χ1v) is 8.29. The van der Waals surface area contributed by atoms with Gasteiger partial charge >= 0.3 is 0 Å². The van der Waals surface area contributed by atoms with Gasteiger partial charge in [-0.2, -0.15) is 0 Å². The number of aliphatic hydroxyl groups is 1. The summed E-state index contributed by atoms with van der Waals surface area (Å²) in [5, 5.41) is 19.1. The first-order chi connectivity index (χ1) is 12.5. The van der Waals surface area contributed by atoms with Crippen LogP contribution in [0, 0.1) is 5.41 Å². The molecule has 130 valence electrons. The van der Waals surface area contributed by atoms with Gasteiger partial charge in [0.15, 0.2) is 5.78 Å². The third-order valence-electron chi connectivity index (χ3n) is 4.70. The molecule has 4 rings (SSSR count). The van der Waals surface area contributed by atoms with Crippen molar-refractivity contribution < 1.29 is 9.90 Å². The fraction of sp³-hybridized carbons (Fsp3) is 0.150. The lowest BCUT2D eigenvalue weighted by Gasteiger charge is -2.19. The first-order valence-electron chi connectivity index (χ1n) is 8.29. The second-order valence-corrected chi connectivity index (χ2v) is 6.34. The zero-order valence-corrected chi connectivity index (χ0v) is 14.5. The van der Waals surface area contributed by atoms with Gasteiger partial charge in [0.1, 0.15) is 17.4 Å². The molecule has 2 aromatic carbocycles. The van der Waals surface area contributed by atoms with E-state index >= 15 is 0 Å². The lowest BCUT2D eigenvalue weighted by Crippen LogP contribution is -2.26. The van der Waals surface area contributed by atoms with E-state index in [4.69, 9.17) is 5.41 Å². The van der Waals surface area contributed by atoms with Gasteiger partial charge in [0.25, 0.3) is 0 Å². The van der Waals surface area contributed by atoms with E-state index < -0.39 is 0 Å². The minimum absolute atomic E-state index is 0.00518. The number of imidazole rings is 1. The number of carbonyl (C=O) groups is 1. The van der Waals surface area contributed by atoms with Gasteiger partial charge in [0, 0.05) is 18.3 Å². The highest BCUT2D eigenvalue weighted by Gasteiger charge is 2.32. The van der Waals surface area contributed by atoms with Gasteiger partial charge in [0.05, 0.1) is 23.2 Å². The van der Waals surface area contributed by atoms with E-state index in [0.29, 0.717) is 17.0 Å². The molecule has 0 saturated carbocycles. The fourth-order valence-electron chi connectivity index (χ4n) is 3.28. The number of benzene rings is 2. The summed E-state index contributed by atoms with van der Waals surface area (Å²) >= 11 is 0. The quantitative estimate of drug-likeness (QED) is 0.711. The Balaban J connectivity index is 1.72. The van der Waals surface area contributed by atoms with Crippen LogP contribution in [0.4, 0.5) is 5.69 Å². The molecule has 6 nitrogen and oxygen atoms in total. The van der Waals surface area contributed by atoms with E-state index in [9.17, 15) is 9.90 Å². The van der Waals surface area contributed by atoms with Crippen molar-refractivity contribution in [2.75, 3.05) is 11.4 Å². The minimum atomic E-state index is -0.00518. The lowest BCUT2D eigenvalue weighted by molar-refractivity contribution is 0.101. The van der Waals surface area contributed by atoms with Gasteiger partial charge in [-0.15, -0.1) is 0 Å². The summed E-state index contributed by atoms with van der Waals surface area (Å²) in [6.45, 7) is 1.72. The van der Waals surface area contributed by atoms with Crippen molar-refractivity contribution in [3.05, 3.63) is 65.7 Å². The van der Waals surface area contributed by atoms with Gasteiger partial charge in [0.2, 0.25) is 0 Å². The number of nitrogens with zero attached hydrogens (tertiary/aromatic N) is 3. The smallest absolute Gasteiger partial charge is 0.159 e. The number of hydrogen-bond donors (Lipinski definition) is 2. The zero-order chi connectivity index (χ0) is 18.4. The number of anilines is 1. The minimum Gasteiger partial charge on any atom is -0.509 e. The normalized spacial score (nSPS) is 14.5. The number of amidine groups is 1.